The van der Waals surface area contributed by atoms with Crippen molar-refractivity contribution in [1.29, 1.82) is 0 Å². The highest BCUT2D eigenvalue weighted by Crippen LogP contribution is 2.44. The van der Waals surface area contributed by atoms with E-state index >= 15 is 0 Å². The van der Waals surface area contributed by atoms with Crippen LogP contribution in [0.25, 0.3) is 0 Å². The summed E-state index contributed by atoms with van der Waals surface area (Å²) in [7, 11) is 7.15. The van der Waals surface area contributed by atoms with E-state index < -0.39 is 116 Å². The molecule has 0 saturated carbocycles. The lowest BCUT2D eigenvalue weighted by molar-refractivity contribution is -0.356. The quantitative estimate of drug-likeness (QED) is 0.215. The molecule has 19 heteroatoms. The molecule has 5 aliphatic rings. The predicted molar refractivity (Wildman–Crippen MR) is 171 cm³/mol. The molecule has 5 aliphatic heterocycles. The Balaban J connectivity index is 1.53. The summed E-state index contributed by atoms with van der Waals surface area (Å²) in [6.07, 6.45) is -11.7. The van der Waals surface area contributed by atoms with E-state index in [4.69, 9.17) is 65.9 Å². The number of aliphatic hydroxyl groups excluding tert-OH is 1. The molecule has 278 valence electrons. The zero-order chi connectivity index (χ0) is 35.2. The SMILES string of the molecule is COC(OC)C1OC(C)(C)OC1C(OC1OC(CO)C2OC(C)(C)OC2C1OC1OC(C)C(OP)C(P=O)C1OP)C1COC(C)(C)O1. The third kappa shape index (κ3) is 8.28. The first-order valence-corrected chi connectivity index (χ1v) is 17.8. The van der Waals surface area contributed by atoms with E-state index in [0.29, 0.717) is 0 Å². The van der Waals surface area contributed by atoms with Crippen LogP contribution in [0.2, 0.25) is 0 Å². The first-order chi connectivity index (χ1) is 22.6. The minimum Gasteiger partial charge on any atom is -0.394 e. The van der Waals surface area contributed by atoms with Crippen LogP contribution in [0.3, 0.4) is 0 Å². The van der Waals surface area contributed by atoms with E-state index in [0.717, 1.165) is 0 Å². The van der Waals surface area contributed by atoms with Crippen molar-refractivity contribution in [2.75, 3.05) is 27.4 Å². The number of fused-ring (bicyclic) bond motifs is 1. The van der Waals surface area contributed by atoms with Gasteiger partial charge in [-0.1, -0.05) is 0 Å². The third-order valence-electron chi connectivity index (χ3n) is 9.00. The smallest absolute Gasteiger partial charge is 0.187 e. The van der Waals surface area contributed by atoms with Crippen molar-refractivity contribution in [3.05, 3.63) is 0 Å². The van der Waals surface area contributed by atoms with Gasteiger partial charge in [0.25, 0.3) is 0 Å². The summed E-state index contributed by atoms with van der Waals surface area (Å²) in [5.41, 5.74) is -0.651. The Bertz CT molecular complexity index is 1080. The maximum Gasteiger partial charge on any atom is 0.187 e. The zero-order valence-corrected chi connectivity index (χ0v) is 32.0. The van der Waals surface area contributed by atoms with Crippen LogP contribution in [0.1, 0.15) is 48.5 Å². The molecule has 16 atom stereocenters. The maximum absolute atomic E-state index is 12.4. The summed E-state index contributed by atoms with van der Waals surface area (Å²) in [5, 5.41) is 10.5. The van der Waals surface area contributed by atoms with Crippen LogP contribution in [0.5, 0.6) is 0 Å². The lowest BCUT2D eigenvalue weighted by atomic mass is 9.97. The fourth-order valence-corrected chi connectivity index (χ4v) is 8.72. The Morgan fingerprint density at radius 2 is 1.44 bits per heavy atom. The molecule has 0 amide bonds. The largest absolute Gasteiger partial charge is 0.394 e. The van der Waals surface area contributed by atoms with E-state index in [1.807, 2.05) is 0 Å². The van der Waals surface area contributed by atoms with Gasteiger partial charge in [0.1, 0.15) is 66.7 Å². The van der Waals surface area contributed by atoms with Crippen molar-refractivity contribution in [3.63, 3.8) is 0 Å². The topological polar surface area (TPSA) is 167 Å². The van der Waals surface area contributed by atoms with Crippen molar-refractivity contribution in [2.45, 2.75) is 158 Å². The van der Waals surface area contributed by atoms with Crippen LogP contribution in [0, 0.1) is 0 Å². The highest BCUT2D eigenvalue weighted by molar-refractivity contribution is 7.25. The van der Waals surface area contributed by atoms with E-state index in [1.165, 1.54) is 14.2 Å². The summed E-state index contributed by atoms with van der Waals surface area (Å²) in [6.45, 7) is 12.2. The Morgan fingerprint density at radius 3 is 2.00 bits per heavy atom. The minimum atomic E-state index is -1.22. The molecule has 1 N–H and O–H groups in total. The van der Waals surface area contributed by atoms with Gasteiger partial charge in [-0.2, -0.15) is 0 Å². The molecular weight excluding hydrogens is 697 g/mol. The van der Waals surface area contributed by atoms with Crippen molar-refractivity contribution < 1.29 is 75.6 Å². The molecule has 5 heterocycles. The van der Waals surface area contributed by atoms with Gasteiger partial charge in [0.2, 0.25) is 0 Å². The van der Waals surface area contributed by atoms with Gasteiger partial charge in [-0.05, 0) is 48.5 Å². The average molecular weight is 749 g/mol. The first-order valence-electron chi connectivity index (χ1n) is 16.0. The van der Waals surface area contributed by atoms with Crippen LogP contribution in [0.4, 0.5) is 0 Å². The highest BCUT2D eigenvalue weighted by atomic mass is 31.1. The Kier molecular flexibility index (Phi) is 13.0. The normalized spacial score (nSPS) is 44.3. The lowest BCUT2D eigenvalue weighted by Crippen LogP contribution is -2.64. The van der Waals surface area contributed by atoms with Crippen molar-refractivity contribution in [1.82, 2.24) is 0 Å². The number of hydrogen-bond acceptors (Lipinski definition) is 16. The molecule has 5 saturated heterocycles. The second kappa shape index (κ2) is 15.8. The van der Waals surface area contributed by atoms with Crippen LogP contribution < -0.4 is 0 Å². The van der Waals surface area contributed by atoms with E-state index in [2.05, 4.69) is 18.9 Å². The summed E-state index contributed by atoms with van der Waals surface area (Å²) >= 11 is 0. The van der Waals surface area contributed by atoms with Gasteiger partial charge in [0.05, 0.1) is 19.3 Å². The van der Waals surface area contributed by atoms with Gasteiger partial charge in [0, 0.05) is 33.2 Å². The van der Waals surface area contributed by atoms with Gasteiger partial charge < -0.3 is 71.0 Å². The van der Waals surface area contributed by atoms with Gasteiger partial charge in [-0.25, -0.2) is 0 Å². The lowest BCUT2D eigenvalue weighted by Gasteiger charge is -2.47. The second-order valence-electron chi connectivity index (χ2n) is 13.8. The highest BCUT2D eigenvalue weighted by Gasteiger charge is 2.61. The summed E-state index contributed by atoms with van der Waals surface area (Å²) in [4.78, 5) is 0. The molecule has 48 heavy (non-hydrogen) atoms. The molecule has 0 aromatic rings. The van der Waals surface area contributed by atoms with Crippen molar-refractivity contribution in [2.24, 2.45) is 0 Å². The molecule has 0 radical (unpaired) electrons. The molecule has 0 aromatic carbocycles. The van der Waals surface area contributed by atoms with Gasteiger partial charge in [-0.3, -0.25) is 4.57 Å². The van der Waals surface area contributed by atoms with E-state index in [-0.39, 0.29) is 15.1 Å². The molecule has 0 aliphatic carbocycles. The molecule has 16 nitrogen and oxygen atoms in total. The van der Waals surface area contributed by atoms with Crippen molar-refractivity contribution in [3.8, 4) is 0 Å². The maximum atomic E-state index is 12.4. The standard InChI is InChI=1S/C29H51O16P3/c1-12-15(44-46)23(48-31)22(45-47)26(35-12)38-20-19-17(40-28(4,5)42-19)13(10-30)36-25(20)37-16(14-11-34-27(2,3)39-14)18-21(24(32-8)33-9)43-29(6,7)41-18/h12-26,30H,10-11,46-47H2,1-9H3. The third-order valence-corrected chi connectivity index (χ3v) is 10.5. The summed E-state index contributed by atoms with van der Waals surface area (Å²) in [5.74, 6) is -3.03. The molecule has 0 aromatic heterocycles. The van der Waals surface area contributed by atoms with Crippen LogP contribution in [0.15, 0.2) is 0 Å². The summed E-state index contributed by atoms with van der Waals surface area (Å²) < 4.78 is 98.6. The number of methoxy groups -OCH3 is 2. The molecule has 0 bridgehead atoms. The van der Waals surface area contributed by atoms with E-state index in [9.17, 15) is 9.67 Å². The predicted octanol–water partition coefficient (Wildman–Crippen LogP) is 2.04. The van der Waals surface area contributed by atoms with Crippen LogP contribution >= 0.6 is 27.4 Å². The van der Waals surface area contributed by atoms with Crippen molar-refractivity contribution >= 4 is 27.4 Å². The summed E-state index contributed by atoms with van der Waals surface area (Å²) in [6, 6.07) is 0. The average Bonchev–Trinajstić information content (AvgIpc) is 3.66. The van der Waals surface area contributed by atoms with Gasteiger partial charge >= 0.3 is 0 Å². The Morgan fingerprint density at radius 1 is 0.812 bits per heavy atom. The monoisotopic (exact) mass is 748 g/mol. The number of hydrogen-bond donors (Lipinski definition) is 1. The number of aliphatic hydroxyl groups is 1. The fraction of sp³-hybridized carbons (Fsp3) is 1.00. The van der Waals surface area contributed by atoms with E-state index in [1.54, 1.807) is 48.5 Å². The fourth-order valence-electron chi connectivity index (χ4n) is 7.01. The van der Waals surface area contributed by atoms with Crippen LogP contribution in [-0.4, -0.2) is 142 Å². The second-order valence-corrected chi connectivity index (χ2v) is 15.1. The molecule has 16 unspecified atom stereocenters. The zero-order valence-electron chi connectivity index (χ0n) is 28.7. The Labute approximate surface area is 287 Å². The molecule has 5 fully saturated rings. The number of rotatable bonds is 13. The Hall–Kier alpha value is 0.360. The molecule has 0 spiro atoms. The molecule has 5 rings (SSSR count). The van der Waals surface area contributed by atoms with Crippen LogP contribution in [-0.2, 0) is 70.5 Å². The van der Waals surface area contributed by atoms with Gasteiger partial charge in [0.15, 0.2) is 44.7 Å². The first kappa shape index (κ1) is 39.6. The van der Waals surface area contributed by atoms with Gasteiger partial charge in [-0.15, -0.1) is 0 Å². The number of ether oxygens (including phenoxy) is 12. The minimum absolute atomic E-state index is 0.155. The molecular formula is C29H51O16P3.